The van der Waals surface area contributed by atoms with Crippen LogP contribution in [-0.2, 0) is 38.5 Å². The first-order chi connectivity index (χ1) is 45.5. The molecule has 8 heterocycles. The van der Waals surface area contributed by atoms with Crippen LogP contribution in [0.25, 0.3) is 38.8 Å². The molecule has 0 radical (unpaired) electrons. The first-order valence-electron chi connectivity index (χ1n) is 33.7. The molecule has 7 N–H and O–H groups in total. The number of hydrogen-bond acceptors (Lipinski definition) is 21. The Bertz CT molecular complexity index is 3940. The fourth-order valence-electron chi connectivity index (χ4n) is 14.2. The van der Waals surface area contributed by atoms with Gasteiger partial charge in [-0.1, -0.05) is 19.8 Å². The van der Waals surface area contributed by atoms with Gasteiger partial charge in [-0.25, -0.2) is 56.4 Å². The van der Waals surface area contributed by atoms with E-state index >= 15 is 0 Å². The zero-order valence-corrected chi connectivity index (χ0v) is 58.4. The molecule has 4 aliphatic rings. The number of methoxy groups -OCH3 is 3. The molecule has 0 aromatic carbocycles. The SMILES string of the molecule is COC[C@H](C)Nc1ncc2c(-c3ccnc([S@@](C)(=N)=O)c3)cc(C3CCC(O)CC3)n2n1.COC[C@H](C)Nc1ncc2c(-c3ccnc([S@](C)(=N)=O)c3)cc(C3CCC(O)CC3)n2n1.COC[C@H](C)Nc1ncc2c(C3CCC(C(C)=O)CC3)cc(C3CCC(C)CC3)n2n1. The number of aliphatic hydroxyl groups is 2. The molecule has 0 unspecified atom stereocenters. The van der Waals surface area contributed by atoms with Crippen molar-refractivity contribution in [1.82, 2.24) is 53.8 Å². The molecule has 4 fully saturated rings. The summed E-state index contributed by atoms with van der Waals surface area (Å²) in [6, 6.07) is 14.0. The van der Waals surface area contributed by atoms with Crippen LogP contribution in [0, 0.1) is 21.4 Å². The lowest BCUT2D eigenvalue weighted by Gasteiger charge is -2.27. The topological polar surface area (TPSA) is 319 Å². The Hall–Kier alpha value is -7.07. The quantitative estimate of drug-likeness (QED) is 0.0351. The van der Waals surface area contributed by atoms with Crippen molar-refractivity contribution in [2.45, 2.75) is 201 Å². The monoisotopic (exact) mass is 1340 g/mol. The second-order valence-electron chi connectivity index (χ2n) is 27.2. The third kappa shape index (κ3) is 17.6. The molecule has 514 valence electrons. The Morgan fingerprint density at radius 1 is 0.526 bits per heavy atom. The predicted octanol–water partition coefficient (Wildman–Crippen LogP) is 11.9. The molecule has 8 aromatic heterocycles. The molecule has 12 rings (SSSR count). The number of fused-ring (bicyclic) bond motifs is 3. The van der Waals surface area contributed by atoms with E-state index in [0.717, 1.165) is 133 Å². The Morgan fingerprint density at radius 2 is 0.874 bits per heavy atom. The van der Waals surface area contributed by atoms with Crippen LogP contribution in [-0.4, -0.2) is 162 Å². The van der Waals surface area contributed by atoms with Crippen LogP contribution in [0.1, 0.15) is 184 Å². The molecule has 0 bridgehead atoms. The number of aromatic nitrogens is 11. The van der Waals surface area contributed by atoms with E-state index in [9.17, 15) is 23.4 Å². The standard InChI is InChI=1S/C25H38N4O2.2C22H30N6O3S/c1-16-5-7-21(8-6-16)23-13-22(20-11-9-19(10-12-20)18(3)30)24-14-26-25(28-29(23)24)27-17(2)15-31-4;2*1-14(13-31-2)26-22-25-12-20-18(16-8-9-24-21(10-16)32(3,23)30)11-19(28(20)27-22)15-4-6-17(29)7-5-15/h13-14,16-17,19-21H,5-12,15H2,1-4H3,(H,27,28);2*8-12,14-15,17,23,29H,4-7,13H2,1-3H3,(H,26,27)/t16?,17-,19?,20?,21?;14-,15?,17?,32+;14-,15?,17?,32-/m000/s1. The maximum Gasteiger partial charge on any atom is 0.241 e. The number of carbonyl (C=O) groups excluding carboxylic acids is 1. The third-order valence-corrected chi connectivity index (χ3v) is 21.4. The summed E-state index contributed by atoms with van der Waals surface area (Å²) in [6.07, 6.45) is 26.8. The number of nitrogens with one attached hydrogen (secondary N) is 5. The van der Waals surface area contributed by atoms with E-state index in [0.29, 0.717) is 55.3 Å². The van der Waals surface area contributed by atoms with E-state index in [2.05, 4.69) is 77.4 Å². The number of nitrogens with zero attached hydrogens (tertiary/aromatic N) is 11. The third-order valence-electron chi connectivity index (χ3n) is 19.3. The summed E-state index contributed by atoms with van der Waals surface area (Å²) in [5.41, 5.74) is 11.1. The molecule has 8 aromatic rings. The van der Waals surface area contributed by atoms with E-state index in [4.69, 9.17) is 39.1 Å². The largest absolute Gasteiger partial charge is 0.393 e. The number of ketones is 1. The van der Waals surface area contributed by atoms with Crippen LogP contribution >= 0.6 is 0 Å². The lowest BCUT2D eigenvalue weighted by atomic mass is 9.77. The van der Waals surface area contributed by atoms with Gasteiger partial charge in [-0.15, -0.1) is 15.3 Å². The maximum absolute atomic E-state index is 12.3. The lowest BCUT2D eigenvalue weighted by molar-refractivity contribution is -0.121. The summed E-state index contributed by atoms with van der Waals surface area (Å²) in [5.74, 6) is 4.70. The van der Waals surface area contributed by atoms with Crippen LogP contribution in [0.4, 0.5) is 17.8 Å². The Balaban J connectivity index is 0.000000155. The number of aliphatic hydroxyl groups excluding tert-OH is 2. The van der Waals surface area contributed by atoms with Gasteiger partial charge in [0, 0.05) is 116 Å². The Kier molecular flexibility index (Phi) is 23.4. The van der Waals surface area contributed by atoms with E-state index in [-0.39, 0.29) is 58.1 Å². The molecule has 4 saturated carbocycles. The number of carbonyl (C=O) groups is 1. The van der Waals surface area contributed by atoms with Gasteiger partial charge in [0.15, 0.2) is 0 Å². The molecule has 0 amide bonds. The van der Waals surface area contributed by atoms with E-state index < -0.39 is 19.5 Å². The smallest absolute Gasteiger partial charge is 0.241 e. The van der Waals surface area contributed by atoms with Crippen molar-refractivity contribution in [2.75, 3.05) is 69.6 Å². The number of hydrogen-bond donors (Lipinski definition) is 7. The molecule has 95 heavy (non-hydrogen) atoms. The predicted molar refractivity (Wildman–Crippen MR) is 371 cm³/mol. The zero-order valence-electron chi connectivity index (χ0n) is 56.8. The van der Waals surface area contributed by atoms with Crippen molar-refractivity contribution >= 4 is 59.6 Å². The molecule has 5 atom stereocenters. The summed E-state index contributed by atoms with van der Waals surface area (Å²) in [7, 11) is -0.836. The summed E-state index contributed by atoms with van der Waals surface area (Å²) in [5, 5.41) is 44.8. The summed E-state index contributed by atoms with van der Waals surface area (Å²) in [6.45, 7) is 11.9. The molecule has 4 aliphatic carbocycles. The van der Waals surface area contributed by atoms with Gasteiger partial charge in [-0.05, 0) is 189 Å². The number of ether oxygens (including phenoxy) is 3. The normalized spacial score (nSPS) is 23.8. The summed E-state index contributed by atoms with van der Waals surface area (Å²) in [4.78, 5) is 33.8. The van der Waals surface area contributed by atoms with Crippen LogP contribution in [0.2, 0.25) is 0 Å². The van der Waals surface area contributed by atoms with Crippen molar-refractivity contribution in [1.29, 1.82) is 9.56 Å². The highest BCUT2D eigenvalue weighted by Gasteiger charge is 2.32. The van der Waals surface area contributed by atoms with Crippen LogP contribution < -0.4 is 16.0 Å². The van der Waals surface area contributed by atoms with E-state index in [1.807, 2.05) is 41.2 Å². The van der Waals surface area contributed by atoms with Crippen LogP contribution in [0.5, 0.6) is 0 Å². The molecule has 26 heteroatoms. The molecule has 0 aliphatic heterocycles. The highest BCUT2D eigenvalue weighted by Crippen LogP contribution is 2.44. The second-order valence-corrected chi connectivity index (χ2v) is 31.4. The average molecular weight is 1340 g/mol. The number of rotatable bonds is 21. The van der Waals surface area contributed by atoms with Crippen molar-refractivity contribution in [3.63, 3.8) is 0 Å². The molecular formula is C69H98N16O8S2. The molecule has 24 nitrogen and oxygen atoms in total. The highest BCUT2D eigenvalue weighted by molar-refractivity contribution is 7.91. The first kappa shape index (κ1) is 70.7. The lowest BCUT2D eigenvalue weighted by Crippen LogP contribution is -2.23. The van der Waals surface area contributed by atoms with Crippen LogP contribution in [0.3, 0.4) is 0 Å². The van der Waals surface area contributed by atoms with Crippen molar-refractivity contribution in [3.8, 4) is 22.3 Å². The van der Waals surface area contributed by atoms with Gasteiger partial charge < -0.3 is 40.4 Å². The van der Waals surface area contributed by atoms with Crippen LogP contribution in [0.15, 0.2) is 83.5 Å². The Morgan fingerprint density at radius 3 is 1.24 bits per heavy atom. The van der Waals surface area contributed by atoms with Crippen molar-refractivity contribution < 1.29 is 37.6 Å². The number of Topliss-reactive ketones (excluding diaryl/α,β-unsaturated/α-hetero) is 1. The fraction of sp³-hybridized carbons (Fsp3) is 0.580. The van der Waals surface area contributed by atoms with Gasteiger partial charge in [0.25, 0.3) is 0 Å². The van der Waals surface area contributed by atoms with Gasteiger partial charge >= 0.3 is 0 Å². The van der Waals surface area contributed by atoms with Crippen molar-refractivity contribution in [3.05, 3.63) is 96.1 Å². The summed E-state index contributed by atoms with van der Waals surface area (Å²) < 4.78 is 62.0. The van der Waals surface area contributed by atoms with Crippen molar-refractivity contribution in [2.24, 2.45) is 11.8 Å². The molecule has 0 spiro atoms. The van der Waals surface area contributed by atoms with Gasteiger partial charge in [0.2, 0.25) is 17.8 Å². The molecular weight excluding hydrogens is 1240 g/mol. The maximum atomic E-state index is 12.3. The highest BCUT2D eigenvalue weighted by atomic mass is 32.2. The van der Waals surface area contributed by atoms with Gasteiger partial charge in [-0.3, -0.25) is 4.79 Å². The number of pyridine rings is 2. The molecule has 0 saturated heterocycles. The second kappa shape index (κ2) is 31.4. The first-order valence-corrected chi connectivity index (χ1v) is 37.6. The minimum absolute atomic E-state index is 0.0540. The average Bonchev–Trinajstić information content (AvgIpc) is 1.64. The summed E-state index contributed by atoms with van der Waals surface area (Å²) >= 11 is 0. The Labute approximate surface area is 559 Å². The number of anilines is 3. The van der Waals surface area contributed by atoms with Gasteiger partial charge in [0.1, 0.15) is 15.8 Å². The van der Waals surface area contributed by atoms with E-state index in [1.165, 1.54) is 49.5 Å². The van der Waals surface area contributed by atoms with Gasteiger partial charge in [-0.2, -0.15) is 0 Å². The minimum Gasteiger partial charge on any atom is -0.393 e. The minimum atomic E-state index is -2.93. The fourth-order valence-corrected chi connectivity index (χ4v) is 15.4. The van der Waals surface area contributed by atoms with E-state index in [1.54, 1.807) is 65.2 Å². The van der Waals surface area contributed by atoms with Gasteiger partial charge in [0.05, 0.1) is 86.6 Å². The zero-order chi connectivity index (χ0) is 67.7.